The normalized spacial score (nSPS) is 10.2. The Hall–Kier alpha value is -3.54. The van der Waals surface area contributed by atoms with E-state index in [2.05, 4.69) is 5.32 Å². The van der Waals surface area contributed by atoms with Crippen LogP contribution in [-0.2, 0) is 18.4 Å². The smallest absolute Gasteiger partial charge is 0.332 e. The van der Waals surface area contributed by atoms with Crippen LogP contribution < -0.4 is 27.2 Å². The molecule has 9 nitrogen and oxygen atoms in total. The molecule has 0 atom stereocenters. The third-order valence-corrected chi connectivity index (χ3v) is 3.62. The molecule has 0 aliphatic carbocycles. The summed E-state index contributed by atoms with van der Waals surface area (Å²) in [5.41, 5.74) is 5.54. The summed E-state index contributed by atoms with van der Waals surface area (Å²) in [5.74, 6) is -0.512. The first-order valence-electron chi connectivity index (χ1n) is 7.33. The summed E-state index contributed by atoms with van der Waals surface area (Å²) in [5, 5.41) is 11.3. The number of amides is 1. The van der Waals surface area contributed by atoms with Gasteiger partial charge in [-0.2, -0.15) is 5.26 Å². The molecule has 0 unspecified atom stereocenters. The van der Waals surface area contributed by atoms with Gasteiger partial charge >= 0.3 is 5.69 Å². The van der Waals surface area contributed by atoms with Crippen LogP contribution in [0.1, 0.15) is 5.56 Å². The number of nitriles is 1. The highest BCUT2D eigenvalue weighted by Gasteiger charge is 2.18. The maximum Gasteiger partial charge on any atom is 0.332 e. The lowest BCUT2D eigenvalue weighted by Gasteiger charge is -2.18. The maximum absolute atomic E-state index is 12.5. The molecule has 0 saturated heterocycles. The van der Waals surface area contributed by atoms with Gasteiger partial charge in [-0.25, -0.2) is 9.36 Å². The summed E-state index contributed by atoms with van der Waals surface area (Å²) >= 11 is 0. The zero-order valence-corrected chi connectivity index (χ0v) is 14.1. The zero-order chi connectivity index (χ0) is 18.7. The van der Waals surface area contributed by atoms with E-state index in [1.165, 1.54) is 11.9 Å². The Morgan fingerprint density at radius 2 is 1.88 bits per heavy atom. The molecule has 0 saturated carbocycles. The van der Waals surface area contributed by atoms with Crippen molar-refractivity contribution in [3.05, 3.63) is 50.7 Å². The van der Waals surface area contributed by atoms with Gasteiger partial charge < -0.3 is 16.0 Å². The van der Waals surface area contributed by atoms with Crippen molar-refractivity contribution in [2.45, 2.75) is 6.54 Å². The topological polar surface area (TPSA) is 126 Å². The van der Waals surface area contributed by atoms with Crippen molar-refractivity contribution in [1.82, 2.24) is 9.13 Å². The number of carbonyl (C=O) groups is 1. The van der Waals surface area contributed by atoms with E-state index in [1.54, 1.807) is 38.4 Å². The number of anilines is 3. The number of nitrogen functional groups attached to an aromatic ring is 1. The van der Waals surface area contributed by atoms with E-state index >= 15 is 0 Å². The Morgan fingerprint density at radius 1 is 1.28 bits per heavy atom. The van der Waals surface area contributed by atoms with Gasteiger partial charge in [-0.15, -0.1) is 0 Å². The fraction of sp³-hybridized carbons (Fsp3) is 0.250. The maximum atomic E-state index is 12.5. The van der Waals surface area contributed by atoms with Gasteiger partial charge in [0.1, 0.15) is 18.1 Å². The van der Waals surface area contributed by atoms with Crippen molar-refractivity contribution in [3.63, 3.8) is 0 Å². The molecular formula is C16H18N6O3. The third-order valence-electron chi connectivity index (χ3n) is 3.62. The van der Waals surface area contributed by atoms with Crippen LogP contribution in [0.15, 0.2) is 33.9 Å². The molecule has 1 aromatic heterocycles. The highest BCUT2D eigenvalue weighted by Crippen LogP contribution is 2.12. The van der Waals surface area contributed by atoms with Crippen LogP contribution in [0.25, 0.3) is 0 Å². The van der Waals surface area contributed by atoms with Crippen LogP contribution in [-0.4, -0.2) is 29.1 Å². The fourth-order valence-electron chi connectivity index (χ4n) is 2.30. The van der Waals surface area contributed by atoms with E-state index in [9.17, 15) is 14.4 Å². The molecule has 1 amide bonds. The van der Waals surface area contributed by atoms with Crippen LogP contribution in [0.4, 0.5) is 17.2 Å². The molecule has 0 fully saturated rings. The van der Waals surface area contributed by atoms with Gasteiger partial charge in [0.05, 0.1) is 11.6 Å². The second-order valence-electron chi connectivity index (χ2n) is 5.60. The van der Waals surface area contributed by atoms with Crippen molar-refractivity contribution >= 4 is 23.1 Å². The summed E-state index contributed by atoms with van der Waals surface area (Å²) in [6.07, 6.45) is 0. The predicted octanol–water partition coefficient (Wildman–Crippen LogP) is -0.294. The van der Waals surface area contributed by atoms with Gasteiger partial charge in [0.15, 0.2) is 0 Å². The number of nitrogens with one attached hydrogen (secondary N) is 1. The van der Waals surface area contributed by atoms with Gasteiger partial charge in [-0.1, -0.05) is 0 Å². The van der Waals surface area contributed by atoms with E-state index in [-0.39, 0.29) is 11.5 Å². The molecular weight excluding hydrogens is 324 g/mol. The van der Waals surface area contributed by atoms with Gasteiger partial charge in [0.2, 0.25) is 5.91 Å². The highest BCUT2D eigenvalue weighted by atomic mass is 16.2. The van der Waals surface area contributed by atoms with Crippen molar-refractivity contribution in [1.29, 1.82) is 5.26 Å². The van der Waals surface area contributed by atoms with Gasteiger partial charge in [0.25, 0.3) is 5.56 Å². The van der Waals surface area contributed by atoms with Gasteiger partial charge in [-0.05, 0) is 24.3 Å². The third kappa shape index (κ3) is 3.53. The molecule has 0 aliphatic heterocycles. The monoisotopic (exact) mass is 342 g/mol. The lowest BCUT2D eigenvalue weighted by molar-refractivity contribution is -0.116. The van der Waals surface area contributed by atoms with Crippen LogP contribution in [0, 0.1) is 11.3 Å². The van der Waals surface area contributed by atoms with E-state index in [0.717, 1.165) is 9.13 Å². The predicted molar refractivity (Wildman–Crippen MR) is 94.5 cm³/mol. The van der Waals surface area contributed by atoms with E-state index in [1.807, 2.05) is 6.07 Å². The number of nitrogens with zero attached hydrogens (tertiary/aromatic N) is 4. The number of hydrogen-bond acceptors (Lipinski definition) is 6. The lowest BCUT2D eigenvalue weighted by atomic mass is 10.2. The standard InChI is InChI=1S/C16H18N6O3/c1-20(2)13-14(18)21(3)16(25)22(15(13)24)9-12(23)19-11-6-4-10(8-17)5-7-11/h4-7H,9,18H2,1-3H3,(H,19,23). The molecule has 1 heterocycles. The SMILES string of the molecule is CN(C)c1c(N)n(C)c(=O)n(CC(=O)Nc2ccc(C#N)cc2)c1=O. The molecule has 25 heavy (non-hydrogen) atoms. The van der Waals surface area contributed by atoms with Crippen LogP contribution in [0.3, 0.4) is 0 Å². The van der Waals surface area contributed by atoms with Crippen LogP contribution >= 0.6 is 0 Å². The summed E-state index contributed by atoms with van der Waals surface area (Å²) in [6.45, 7) is -0.452. The average Bonchev–Trinajstić information content (AvgIpc) is 2.57. The Morgan fingerprint density at radius 3 is 2.40 bits per heavy atom. The fourth-order valence-corrected chi connectivity index (χ4v) is 2.30. The molecule has 2 aromatic rings. The van der Waals surface area contributed by atoms with Crippen molar-refractivity contribution in [2.24, 2.45) is 7.05 Å². The van der Waals surface area contributed by atoms with Gasteiger partial charge in [-0.3, -0.25) is 14.2 Å². The summed E-state index contributed by atoms with van der Waals surface area (Å²) in [7, 11) is 4.68. The van der Waals surface area contributed by atoms with E-state index in [4.69, 9.17) is 11.0 Å². The first-order chi connectivity index (χ1) is 11.8. The van der Waals surface area contributed by atoms with Crippen molar-refractivity contribution in [2.75, 3.05) is 30.0 Å². The minimum absolute atomic E-state index is 0.0313. The van der Waals surface area contributed by atoms with Crippen molar-refractivity contribution < 1.29 is 4.79 Å². The molecule has 2 rings (SSSR count). The van der Waals surface area contributed by atoms with E-state index in [0.29, 0.717) is 11.3 Å². The molecule has 9 heteroatoms. The number of aromatic nitrogens is 2. The number of benzene rings is 1. The van der Waals surface area contributed by atoms with Gasteiger partial charge in [0, 0.05) is 26.8 Å². The summed E-state index contributed by atoms with van der Waals surface area (Å²) < 4.78 is 1.94. The summed E-state index contributed by atoms with van der Waals surface area (Å²) in [4.78, 5) is 38.4. The second-order valence-corrected chi connectivity index (χ2v) is 5.60. The molecule has 0 spiro atoms. The number of hydrogen-bond donors (Lipinski definition) is 2. The molecule has 3 N–H and O–H groups in total. The molecule has 0 aliphatic rings. The molecule has 1 aromatic carbocycles. The lowest BCUT2D eigenvalue weighted by Crippen LogP contribution is -2.44. The first kappa shape index (κ1) is 17.8. The second kappa shape index (κ2) is 6.92. The molecule has 0 bridgehead atoms. The quantitative estimate of drug-likeness (QED) is 0.786. The van der Waals surface area contributed by atoms with Crippen molar-refractivity contribution in [3.8, 4) is 6.07 Å². The van der Waals surface area contributed by atoms with Crippen LogP contribution in [0.2, 0.25) is 0 Å². The summed E-state index contributed by atoms with van der Waals surface area (Å²) in [6, 6.07) is 8.19. The Kier molecular flexibility index (Phi) is 4.93. The largest absolute Gasteiger partial charge is 0.383 e. The van der Waals surface area contributed by atoms with E-state index < -0.39 is 23.7 Å². The molecule has 130 valence electrons. The van der Waals surface area contributed by atoms with Crippen LogP contribution in [0.5, 0.6) is 0 Å². The number of rotatable bonds is 4. The highest BCUT2D eigenvalue weighted by molar-refractivity contribution is 5.90. The number of carbonyl (C=O) groups excluding carboxylic acids is 1. The Balaban J connectivity index is 2.33. The Labute approximate surface area is 143 Å². The Bertz CT molecular complexity index is 964. The molecule has 0 radical (unpaired) electrons. The number of nitrogens with two attached hydrogens (primary N) is 1. The minimum Gasteiger partial charge on any atom is -0.383 e. The average molecular weight is 342 g/mol. The minimum atomic E-state index is -0.678. The zero-order valence-electron chi connectivity index (χ0n) is 14.1. The first-order valence-corrected chi connectivity index (χ1v) is 7.33.